The summed E-state index contributed by atoms with van der Waals surface area (Å²) in [6, 6.07) is 10.5. The first-order chi connectivity index (χ1) is 9.95. The Morgan fingerprint density at radius 3 is 2.57 bits per heavy atom. The number of hydrogen-bond acceptors (Lipinski definition) is 5. The van der Waals surface area contributed by atoms with Gasteiger partial charge < -0.3 is 5.43 Å². The maximum absolute atomic E-state index is 12.6. The highest BCUT2D eigenvalue weighted by atomic mass is 79.9. The van der Waals surface area contributed by atoms with Gasteiger partial charge in [-0.15, -0.1) is 0 Å². The molecule has 0 aliphatic rings. The van der Waals surface area contributed by atoms with Crippen molar-refractivity contribution in [1.29, 1.82) is 0 Å². The van der Waals surface area contributed by atoms with Crippen LogP contribution in [0.15, 0.2) is 52.0 Å². The fourth-order valence-corrected chi connectivity index (χ4v) is 3.33. The van der Waals surface area contributed by atoms with E-state index < -0.39 is 10.0 Å². The smallest absolute Gasteiger partial charge is 0.246 e. The Morgan fingerprint density at radius 1 is 1.29 bits per heavy atom. The Kier molecular flexibility index (Phi) is 4.94. The minimum Gasteiger partial charge on any atom is -0.307 e. The number of hydrogen-bond donors (Lipinski definition) is 2. The van der Waals surface area contributed by atoms with Crippen LogP contribution in [0, 0.1) is 0 Å². The van der Waals surface area contributed by atoms with Crippen molar-refractivity contribution in [3.05, 3.63) is 52.6 Å². The molecule has 0 aliphatic heterocycles. The third kappa shape index (κ3) is 3.59. The van der Waals surface area contributed by atoms with Gasteiger partial charge >= 0.3 is 0 Å². The van der Waals surface area contributed by atoms with Crippen LogP contribution < -0.4 is 11.3 Å². The van der Waals surface area contributed by atoms with Gasteiger partial charge in [-0.05, 0) is 29.8 Å². The lowest BCUT2D eigenvalue weighted by atomic mass is 10.2. The minimum atomic E-state index is -3.67. The molecule has 0 unspecified atom stereocenters. The van der Waals surface area contributed by atoms with E-state index >= 15 is 0 Å². The van der Waals surface area contributed by atoms with Crippen molar-refractivity contribution in [2.45, 2.75) is 11.4 Å². The van der Waals surface area contributed by atoms with Gasteiger partial charge in [0.15, 0.2) is 5.82 Å². The van der Waals surface area contributed by atoms with E-state index in [-0.39, 0.29) is 17.3 Å². The molecule has 6 nitrogen and oxygen atoms in total. The molecule has 2 rings (SSSR count). The Bertz CT molecular complexity index is 719. The fourth-order valence-electron chi connectivity index (χ4n) is 1.81. The molecule has 112 valence electrons. The van der Waals surface area contributed by atoms with Gasteiger partial charge in [-0.3, -0.25) is 0 Å². The van der Waals surface area contributed by atoms with E-state index in [1.807, 2.05) is 24.3 Å². The lowest BCUT2D eigenvalue weighted by Crippen LogP contribution is -2.28. The summed E-state index contributed by atoms with van der Waals surface area (Å²) >= 11 is 3.34. The lowest BCUT2D eigenvalue weighted by molar-refractivity contribution is 0.466. The first-order valence-electron chi connectivity index (χ1n) is 6.07. The number of hydrazine groups is 1. The molecule has 2 aromatic rings. The second-order valence-electron chi connectivity index (χ2n) is 4.38. The van der Waals surface area contributed by atoms with Gasteiger partial charge in [0.25, 0.3) is 0 Å². The monoisotopic (exact) mass is 370 g/mol. The molecule has 0 amide bonds. The number of rotatable bonds is 5. The molecule has 8 heteroatoms. The SMILES string of the molecule is CN(Cc1ccc(Br)cc1)S(=O)(=O)c1cccnc1NN. The van der Waals surface area contributed by atoms with Crippen LogP contribution in [0.4, 0.5) is 5.82 Å². The molecule has 0 aliphatic carbocycles. The third-order valence-corrected chi connectivity index (χ3v) is 5.28. The number of pyridine rings is 1. The van der Waals surface area contributed by atoms with Gasteiger partial charge in [-0.1, -0.05) is 28.1 Å². The number of benzene rings is 1. The van der Waals surface area contributed by atoms with Gasteiger partial charge in [0, 0.05) is 24.3 Å². The van der Waals surface area contributed by atoms with E-state index in [4.69, 9.17) is 5.84 Å². The number of nitrogen functional groups attached to an aromatic ring is 1. The van der Waals surface area contributed by atoms with Gasteiger partial charge in [-0.2, -0.15) is 4.31 Å². The van der Waals surface area contributed by atoms with E-state index in [1.165, 1.54) is 23.6 Å². The summed E-state index contributed by atoms with van der Waals surface area (Å²) in [5.41, 5.74) is 3.19. The topological polar surface area (TPSA) is 88.3 Å². The van der Waals surface area contributed by atoms with E-state index in [2.05, 4.69) is 26.3 Å². The zero-order valence-corrected chi connectivity index (χ0v) is 13.7. The maximum atomic E-state index is 12.6. The van der Waals surface area contributed by atoms with Gasteiger partial charge in [0.1, 0.15) is 4.90 Å². The van der Waals surface area contributed by atoms with Crippen LogP contribution in [0.2, 0.25) is 0 Å². The summed E-state index contributed by atoms with van der Waals surface area (Å²) < 4.78 is 27.3. The highest BCUT2D eigenvalue weighted by Crippen LogP contribution is 2.22. The summed E-state index contributed by atoms with van der Waals surface area (Å²) in [6.45, 7) is 0.258. The largest absolute Gasteiger partial charge is 0.307 e. The van der Waals surface area contributed by atoms with E-state index in [0.717, 1.165) is 10.0 Å². The van der Waals surface area contributed by atoms with Crippen molar-refractivity contribution in [3.8, 4) is 0 Å². The normalized spacial score (nSPS) is 11.6. The maximum Gasteiger partial charge on any atom is 0.246 e. The molecule has 1 heterocycles. The van der Waals surface area contributed by atoms with Crippen LogP contribution in [0.25, 0.3) is 0 Å². The quantitative estimate of drug-likeness (QED) is 0.620. The van der Waals surface area contributed by atoms with E-state index in [1.54, 1.807) is 6.07 Å². The van der Waals surface area contributed by atoms with Crippen LogP contribution >= 0.6 is 15.9 Å². The van der Waals surface area contributed by atoms with Crippen molar-refractivity contribution in [2.24, 2.45) is 5.84 Å². The van der Waals surface area contributed by atoms with Gasteiger partial charge in [-0.25, -0.2) is 19.2 Å². The minimum absolute atomic E-state index is 0.0483. The average molecular weight is 371 g/mol. The number of nitrogens with zero attached hydrogens (tertiary/aromatic N) is 2. The zero-order valence-electron chi connectivity index (χ0n) is 11.3. The van der Waals surface area contributed by atoms with Crippen molar-refractivity contribution < 1.29 is 8.42 Å². The van der Waals surface area contributed by atoms with Crippen LogP contribution in [0.5, 0.6) is 0 Å². The molecule has 0 saturated heterocycles. The van der Waals surface area contributed by atoms with Crippen molar-refractivity contribution in [2.75, 3.05) is 12.5 Å². The molecular formula is C13H15BrN4O2S. The highest BCUT2D eigenvalue weighted by Gasteiger charge is 2.24. The van der Waals surface area contributed by atoms with Crippen molar-refractivity contribution in [3.63, 3.8) is 0 Å². The number of anilines is 1. The first-order valence-corrected chi connectivity index (χ1v) is 8.31. The van der Waals surface area contributed by atoms with Crippen LogP contribution in [0.3, 0.4) is 0 Å². The van der Waals surface area contributed by atoms with Crippen molar-refractivity contribution in [1.82, 2.24) is 9.29 Å². The summed E-state index contributed by atoms with van der Waals surface area (Å²) in [7, 11) is -2.15. The molecule has 0 saturated carbocycles. The molecule has 0 bridgehead atoms. The first kappa shape index (κ1) is 15.9. The predicted molar refractivity (Wildman–Crippen MR) is 84.8 cm³/mol. The van der Waals surface area contributed by atoms with E-state index in [9.17, 15) is 8.42 Å². The zero-order chi connectivity index (χ0) is 15.5. The number of halogens is 1. The molecule has 0 spiro atoms. The molecule has 0 radical (unpaired) electrons. The average Bonchev–Trinajstić information content (AvgIpc) is 2.49. The number of nitrogens with two attached hydrogens (primary N) is 1. The summed E-state index contributed by atoms with van der Waals surface area (Å²) in [5, 5.41) is 0. The molecule has 0 atom stereocenters. The lowest BCUT2D eigenvalue weighted by Gasteiger charge is -2.18. The second kappa shape index (κ2) is 6.52. The molecule has 0 fully saturated rings. The number of nitrogens with one attached hydrogen (secondary N) is 1. The van der Waals surface area contributed by atoms with Crippen LogP contribution in [-0.4, -0.2) is 24.8 Å². The fraction of sp³-hybridized carbons (Fsp3) is 0.154. The molecule has 1 aromatic heterocycles. The Labute approximate surface area is 132 Å². The van der Waals surface area contributed by atoms with E-state index in [0.29, 0.717) is 0 Å². The number of sulfonamides is 1. The summed E-state index contributed by atoms with van der Waals surface area (Å²) in [5.74, 6) is 5.44. The predicted octanol–water partition coefficient (Wildman–Crippen LogP) is 1.95. The molecule has 1 aromatic carbocycles. The Hall–Kier alpha value is -1.48. The van der Waals surface area contributed by atoms with Gasteiger partial charge in [0.2, 0.25) is 10.0 Å². The summed E-state index contributed by atoms with van der Waals surface area (Å²) in [4.78, 5) is 3.96. The summed E-state index contributed by atoms with van der Waals surface area (Å²) in [6.07, 6.45) is 1.48. The molecule has 21 heavy (non-hydrogen) atoms. The van der Waals surface area contributed by atoms with Crippen molar-refractivity contribution >= 4 is 31.8 Å². The Morgan fingerprint density at radius 2 is 1.95 bits per heavy atom. The third-order valence-electron chi connectivity index (χ3n) is 2.91. The van der Waals surface area contributed by atoms with Crippen LogP contribution in [-0.2, 0) is 16.6 Å². The highest BCUT2D eigenvalue weighted by molar-refractivity contribution is 9.10. The van der Waals surface area contributed by atoms with Crippen LogP contribution in [0.1, 0.15) is 5.56 Å². The second-order valence-corrected chi connectivity index (χ2v) is 7.31. The van der Waals surface area contributed by atoms with Gasteiger partial charge in [0.05, 0.1) is 0 Å². The molecular weight excluding hydrogens is 356 g/mol. The number of aromatic nitrogens is 1. The Balaban J connectivity index is 2.28. The standard InChI is InChI=1S/C13H15BrN4O2S/c1-18(9-10-4-6-11(14)7-5-10)21(19,20)12-3-2-8-16-13(12)17-15/h2-8H,9,15H2,1H3,(H,16,17). The molecule has 3 N–H and O–H groups in total.